The van der Waals surface area contributed by atoms with Gasteiger partial charge in [-0.2, -0.15) is 0 Å². The maximum atomic E-state index is 10.8. The number of carbonyl (C=O) groups is 1. The minimum atomic E-state index is -0.417. The first-order chi connectivity index (χ1) is 6.60. The standard InChI is InChI=1S/C11H16O3/c1-5-9(3)13-8-7-10(4)14-11(12)6-2/h5-6,10H,1-3,7-8H2,4H3. The van der Waals surface area contributed by atoms with Gasteiger partial charge < -0.3 is 9.47 Å². The average molecular weight is 196 g/mol. The number of esters is 1. The molecule has 0 aliphatic heterocycles. The Bertz CT molecular complexity index is 231. The lowest BCUT2D eigenvalue weighted by Gasteiger charge is -2.12. The smallest absolute Gasteiger partial charge is 0.330 e. The monoisotopic (exact) mass is 196 g/mol. The summed E-state index contributed by atoms with van der Waals surface area (Å²) in [6, 6.07) is 0. The van der Waals surface area contributed by atoms with Crippen LogP contribution in [0.15, 0.2) is 37.6 Å². The number of hydrogen-bond donors (Lipinski definition) is 0. The van der Waals surface area contributed by atoms with Crippen LogP contribution in [0.25, 0.3) is 0 Å². The van der Waals surface area contributed by atoms with Crippen molar-refractivity contribution in [3.8, 4) is 0 Å². The number of ether oxygens (including phenoxy) is 2. The Morgan fingerprint density at radius 2 is 2.07 bits per heavy atom. The highest BCUT2D eigenvalue weighted by Gasteiger charge is 2.05. The highest BCUT2D eigenvalue weighted by Crippen LogP contribution is 2.02. The third kappa shape index (κ3) is 6.06. The van der Waals surface area contributed by atoms with Crippen molar-refractivity contribution in [3.05, 3.63) is 37.6 Å². The molecular weight excluding hydrogens is 180 g/mol. The molecule has 1 atom stereocenters. The Morgan fingerprint density at radius 1 is 1.43 bits per heavy atom. The number of hydrogen-bond acceptors (Lipinski definition) is 3. The molecule has 0 aromatic rings. The van der Waals surface area contributed by atoms with Crippen molar-refractivity contribution in [2.24, 2.45) is 0 Å². The maximum absolute atomic E-state index is 10.8. The van der Waals surface area contributed by atoms with Crippen LogP contribution in [0.1, 0.15) is 13.3 Å². The van der Waals surface area contributed by atoms with Gasteiger partial charge in [0.15, 0.2) is 0 Å². The third-order valence-electron chi connectivity index (χ3n) is 1.52. The van der Waals surface area contributed by atoms with Gasteiger partial charge in [-0.05, 0) is 13.0 Å². The Hall–Kier alpha value is -1.51. The van der Waals surface area contributed by atoms with E-state index in [9.17, 15) is 4.79 Å². The minimum absolute atomic E-state index is 0.182. The van der Waals surface area contributed by atoms with Gasteiger partial charge in [0, 0.05) is 12.5 Å². The van der Waals surface area contributed by atoms with E-state index in [0.29, 0.717) is 18.8 Å². The quantitative estimate of drug-likeness (QED) is 0.271. The molecule has 0 saturated carbocycles. The Kier molecular flexibility index (Phi) is 6.20. The van der Waals surface area contributed by atoms with Crippen molar-refractivity contribution in [2.75, 3.05) is 6.61 Å². The van der Waals surface area contributed by atoms with Crippen molar-refractivity contribution < 1.29 is 14.3 Å². The molecule has 0 bridgehead atoms. The van der Waals surface area contributed by atoms with Crippen molar-refractivity contribution in [1.29, 1.82) is 0 Å². The highest BCUT2D eigenvalue weighted by molar-refractivity contribution is 5.81. The van der Waals surface area contributed by atoms with Gasteiger partial charge in [-0.3, -0.25) is 0 Å². The molecule has 78 valence electrons. The predicted octanol–water partition coefficient (Wildman–Crippen LogP) is 2.21. The largest absolute Gasteiger partial charge is 0.494 e. The van der Waals surface area contributed by atoms with E-state index in [1.54, 1.807) is 6.92 Å². The highest BCUT2D eigenvalue weighted by atomic mass is 16.5. The zero-order chi connectivity index (χ0) is 11.0. The van der Waals surface area contributed by atoms with Crippen LogP contribution in [0.3, 0.4) is 0 Å². The van der Waals surface area contributed by atoms with Gasteiger partial charge in [0.05, 0.1) is 6.61 Å². The van der Waals surface area contributed by atoms with Gasteiger partial charge in [0.1, 0.15) is 11.9 Å². The fourth-order valence-corrected chi connectivity index (χ4v) is 0.720. The van der Waals surface area contributed by atoms with Gasteiger partial charge in [-0.25, -0.2) is 4.79 Å². The zero-order valence-electron chi connectivity index (χ0n) is 8.49. The topological polar surface area (TPSA) is 35.5 Å². The minimum Gasteiger partial charge on any atom is -0.494 e. The predicted molar refractivity (Wildman–Crippen MR) is 55.7 cm³/mol. The second kappa shape index (κ2) is 6.95. The van der Waals surface area contributed by atoms with Crippen LogP contribution < -0.4 is 0 Å². The van der Waals surface area contributed by atoms with E-state index >= 15 is 0 Å². The normalized spacial score (nSPS) is 11.2. The molecule has 0 spiro atoms. The summed E-state index contributed by atoms with van der Waals surface area (Å²) in [4.78, 5) is 10.8. The lowest BCUT2D eigenvalue weighted by atomic mass is 10.3. The van der Waals surface area contributed by atoms with Gasteiger partial charge in [-0.1, -0.05) is 19.7 Å². The van der Waals surface area contributed by atoms with E-state index in [1.807, 2.05) is 0 Å². The molecule has 0 N–H and O–H groups in total. The van der Waals surface area contributed by atoms with Crippen LogP contribution in [-0.4, -0.2) is 18.7 Å². The van der Waals surface area contributed by atoms with Crippen LogP contribution in [0.2, 0.25) is 0 Å². The summed E-state index contributed by atoms with van der Waals surface area (Å²) in [5.41, 5.74) is 0. The molecule has 0 aromatic carbocycles. The molecule has 0 fully saturated rings. The first-order valence-corrected chi connectivity index (χ1v) is 4.37. The molecule has 0 radical (unpaired) electrons. The van der Waals surface area contributed by atoms with E-state index < -0.39 is 5.97 Å². The number of rotatable bonds is 7. The van der Waals surface area contributed by atoms with Crippen molar-refractivity contribution in [2.45, 2.75) is 19.4 Å². The molecule has 0 saturated heterocycles. The summed E-state index contributed by atoms with van der Waals surface area (Å²) < 4.78 is 10.1. The molecule has 0 heterocycles. The fourth-order valence-electron chi connectivity index (χ4n) is 0.720. The molecule has 0 aliphatic carbocycles. The van der Waals surface area contributed by atoms with Crippen molar-refractivity contribution >= 4 is 5.97 Å². The van der Waals surface area contributed by atoms with E-state index in [4.69, 9.17) is 9.47 Å². The van der Waals surface area contributed by atoms with Crippen LogP contribution in [0.4, 0.5) is 0 Å². The maximum Gasteiger partial charge on any atom is 0.330 e. The summed E-state index contributed by atoms with van der Waals surface area (Å²) in [5, 5.41) is 0. The molecule has 0 amide bonds. The second-order valence-corrected chi connectivity index (χ2v) is 2.76. The molecule has 1 unspecified atom stereocenters. The number of allylic oxidation sites excluding steroid dienone is 1. The average Bonchev–Trinajstić information content (AvgIpc) is 2.17. The van der Waals surface area contributed by atoms with E-state index in [1.165, 1.54) is 6.08 Å². The van der Waals surface area contributed by atoms with Gasteiger partial charge in [-0.15, -0.1) is 0 Å². The molecule has 0 aromatic heterocycles. The van der Waals surface area contributed by atoms with Crippen molar-refractivity contribution in [3.63, 3.8) is 0 Å². The molecule has 14 heavy (non-hydrogen) atoms. The SMILES string of the molecule is C=CC(=C)OCCC(C)OC(=O)C=C. The van der Waals surface area contributed by atoms with E-state index in [-0.39, 0.29) is 6.10 Å². The lowest BCUT2D eigenvalue weighted by molar-refractivity contribution is -0.142. The Balaban J connectivity index is 3.58. The first-order valence-electron chi connectivity index (χ1n) is 4.37. The van der Waals surface area contributed by atoms with Gasteiger partial charge in [0.2, 0.25) is 0 Å². The van der Waals surface area contributed by atoms with Crippen LogP contribution in [0.5, 0.6) is 0 Å². The Labute approximate surface area is 84.7 Å². The second-order valence-electron chi connectivity index (χ2n) is 2.76. The van der Waals surface area contributed by atoms with E-state index in [0.717, 1.165) is 6.08 Å². The summed E-state index contributed by atoms with van der Waals surface area (Å²) in [6.07, 6.45) is 3.10. The lowest BCUT2D eigenvalue weighted by Crippen LogP contribution is -2.14. The van der Waals surface area contributed by atoms with Crippen LogP contribution in [0, 0.1) is 0 Å². The number of carbonyl (C=O) groups excluding carboxylic acids is 1. The summed E-state index contributed by atoms with van der Waals surface area (Å²) >= 11 is 0. The summed E-state index contributed by atoms with van der Waals surface area (Å²) in [5.74, 6) is 0.104. The first kappa shape index (κ1) is 12.5. The van der Waals surface area contributed by atoms with Crippen LogP contribution in [-0.2, 0) is 14.3 Å². The molecule has 0 rings (SSSR count). The molecule has 0 aliphatic rings. The zero-order valence-corrected chi connectivity index (χ0v) is 8.49. The van der Waals surface area contributed by atoms with Crippen LogP contribution >= 0.6 is 0 Å². The summed E-state index contributed by atoms with van der Waals surface area (Å²) in [6.45, 7) is 12.6. The summed E-state index contributed by atoms with van der Waals surface area (Å²) in [7, 11) is 0. The molecule has 3 heteroatoms. The third-order valence-corrected chi connectivity index (χ3v) is 1.52. The Morgan fingerprint density at radius 3 is 2.57 bits per heavy atom. The fraction of sp³-hybridized carbons (Fsp3) is 0.364. The van der Waals surface area contributed by atoms with Crippen molar-refractivity contribution in [1.82, 2.24) is 0 Å². The van der Waals surface area contributed by atoms with E-state index in [2.05, 4.69) is 19.7 Å². The van der Waals surface area contributed by atoms with Gasteiger partial charge >= 0.3 is 5.97 Å². The molecular formula is C11H16O3. The van der Waals surface area contributed by atoms with Gasteiger partial charge in [0.25, 0.3) is 0 Å². The molecule has 3 nitrogen and oxygen atoms in total.